The second kappa shape index (κ2) is 8.12. The van der Waals surface area contributed by atoms with E-state index in [-0.39, 0.29) is 22.8 Å². The van der Waals surface area contributed by atoms with Crippen LogP contribution in [0.5, 0.6) is 5.75 Å². The molecule has 0 fully saturated rings. The van der Waals surface area contributed by atoms with Crippen molar-refractivity contribution < 1.29 is 9.53 Å². The summed E-state index contributed by atoms with van der Waals surface area (Å²) in [6, 6.07) is 7.43. The SMILES string of the molecule is C=CCn1c(-c2ccc(OC)cc2)cn2cc(C(=O)NCC(C)C)nc2c1=O. The number of hydrogen-bond donors (Lipinski definition) is 1. The molecule has 0 radical (unpaired) electrons. The highest BCUT2D eigenvalue weighted by Gasteiger charge is 2.16. The van der Waals surface area contributed by atoms with Crippen LogP contribution in [0.25, 0.3) is 16.9 Å². The number of methoxy groups -OCH3 is 1. The normalized spacial score (nSPS) is 11.0. The molecule has 2 aromatic heterocycles. The molecule has 2 heterocycles. The van der Waals surface area contributed by atoms with Gasteiger partial charge in [-0.15, -0.1) is 6.58 Å². The van der Waals surface area contributed by atoms with Crippen LogP contribution >= 0.6 is 0 Å². The third-order valence-corrected chi connectivity index (χ3v) is 4.32. The molecule has 0 aliphatic carbocycles. The number of carbonyl (C=O) groups excluding carboxylic acids is 1. The van der Waals surface area contributed by atoms with Crippen molar-refractivity contribution in [1.29, 1.82) is 0 Å². The van der Waals surface area contributed by atoms with Gasteiger partial charge in [0.05, 0.1) is 12.8 Å². The Morgan fingerprint density at radius 3 is 2.61 bits per heavy atom. The third kappa shape index (κ3) is 3.83. The van der Waals surface area contributed by atoms with Crippen molar-refractivity contribution in [3.05, 3.63) is 65.4 Å². The lowest BCUT2D eigenvalue weighted by Crippen LogP contribution is -2.27. The van der Waals surface area contributed by atoms with Crippen molar-refractivity contribution in [2.75, 3.05) is 13.7 Å². The number of nitrogens with one attached hydrogen (secondary N) is 1. The fraction of sp³-hybridized carbons (Fsp3) is 0.286. The summed E-state index contributed by atoms with van der Waals surface area (Å²) in [5, 5.41) is 2.82. The van der Waals surface area contributed by atoms with Crippen LogP contribution in [0.3, 0.4) is 0 Å². The predicted octanol–water partition coefficient (Wildman–Crippen LogP) is 2.74. The van der Waals surface area contributed by atoms with E-state index in [1.165, 1.54) is 0 Å². The van der Waals surface area contributed by atoms with Crippen LogP contribution < -0.4 is 15.6 Å². The number of fused-ring (bicyclic) bond motifs is 1. The van der Waals surface area contributed by atoms with Gasteiger partial charge in [0.25, 0.3) is 11.5 Å². The van der Waals surface area contributed by atoms with Crippen molar-refractivity contribution in [2.24, 2.45) is 5.92 Å². The van der Waals surface area contributed by atoms with Gasteiger partial charge in [-0.3, -0.25) is 18.6 Å². The molecule has 1 aromatic carbocycles. The first-order chi connectivity index (χ1) is 13.4. The Labute approximate surface area is 163 Å². The van der Waals surface area contributed by atoms with E-state index >= 15 is 0 Å². The number of amides is 1. The molecular weight excluding hydrogens is 356 g/mol. The molecule has 0 spiro atoms. The summed E-state index contributed by atoms with van der Waals surface area (Å²) in [5.74, 6) is 0.764. The maximum atomic E-state index is 13.0. The van der Waals surface area contributed by atoms with E-state index in [4.69, 9.17) is 4.74 Å². The molecule has 1 N–H and O–H groups in total. The number of allylic oxidation sites excluding steroid dienone is 1. The van der Waals surface area contributed by atoms with Gasteiger partial charge >= 0.3 is 0 Å². The maximum Gasteiger partial charge on any atom is 0.295 e. The Morgan fingerprint density at radius 1 is 1.29 bits per heavy atom. The Kier molecular flexibility index (Phi) is 5.63. The average molecular weight is 380 g/mol. The lowest BCUT2D eigenvalue weighted by Gasteiger charge is -2.12. The molecule has 0 saturated carbocycles. The summed E-state index contributed by atoms with van der Waals surface area (Å²) in [6.45, 7) is 8.65. The molecule has 0 unspecified atom stereocenters. The first-order valence-electron chi connectivity index (χ1n) is 9.10. The number of imidazole rings is 1. The molecule has 0 aliphatic heterocycles. The van der Waals surface area contributed by atoms with Crippen LogP contribution in [0.4, 0.5) is 0 Å². The topological polar surface area (TPSA) is 77.6 Å². The van der Waals surface area contributed by atoms with E-state index in [0.29, 0.717) is 24.7 Å². The molecular formula is C21H24N4O3. The number of rotatable bonds is 7. The molecule has 3 rings (SSSR count). The van der Waals surface area contributed by atoms with E-state index in [0.717, 1.165) is 11.3 Å². The van der Waals surface area contributed by atoms with Gasteiger partial charge in [0.2, 0.25) is 5.65 Å². The van der Waals surface area contributed by atoms with Gasteiger partial charge in [0, 0.05) is 31.0 Å². The highest BCUT2D eigenvalue weighted by atomic mass is 16.5. The first kappa shape index (κ1) is 19.4. The van der Waals surface area contributed by atoms with Gasteiger partial charge in [-0.1, -0.05) is 19.9 Å². The minimum atomic E-state index is -0.293. The van der Waals surface area contributed by atoms with Crippen LogP contribution in [-0.2, 0) is 6.54 Å². The number of carbonyl (C=O) groups is 1. The van der Waals surface area contributed by atoms with E-state index in [1.54, 1.807) is 34.5 Å². The summed E-state index contributed by atoms with van der Waals surface area (Å²) in [4.78, 5) is 29.6. The Hall–Kier alpha value is -3.35. The summed E-state index contributed by atoms with van der Waals surface area (Å²) in [5.41, 5.74) is 1.69. The molecule has 0 bridgehead atoms. The standard InChI is InChI=1S/C21H24N4O3/c1-5-10-25-18(15-6-8-16(28-4)9-7-15)13-24-12-17(23-19(24)21(25)27)20(26)22-11-14(2)3/h5-9,12-14H,1,10-11H2,2-4H3,(H,22,26). The Bertz CT molecular complexity index is 1060. The lowest BCUT2D eigenvalue weighted by molar-refractivity contribution is 0.0944. The molecule has 28 heavy (non-hydrogen) atoms. The van der Waals surface area contributed by atoms with E-state index < -0.39 is 0 Å². The fourth-order valence-corrected chi connectivity index (χ4v) is 2.88. The van der Waals surface area contributed by atoms with Crippen LogP contribution in [0, 0.1) is 5.92 Å². The van der Waals surface area contributed by atoms with Crippen molar-refractivity contribution in [3.63, 3.8) is 0 Å². The molecule has 0 aliphatic rings. The van der Waals surface area contributed by atoms with Crippen molar-refractivity contribution in [3.8, 4) is 17.0 Å². The highest BCUT2D eigenvalue weighted by molar-refractivity contribution is 5.92. The molecule has 1 amide bonds. The zero-order valence-electron chi connectivity index (χ0n) is 16.3. The molecule has 146 valence electrons. The smallest absolute Gasteiger partial charge is 0.295 e. The van der Waals surface area contributed by atoms with Gasteiger partial charge in [-0.05, 0) is 30.2 Å². The first-order valence-corrected chi connectivity index (χ1v) is 9.10. The second-order valence-electron chi connectivity index (χ2n) is 6.91. The summed E-state index contributed by atoms with van der Waals surface area (Å²) in [6.07, 6.45) is 5.04. The predicted molar refractivity (Wildman–Crippen MR) is 109 cm³/mol. The Balaban J connectivity index is 2.10. The van der Waals surface area contributed by atoms with Crippen LogP contribution in [0.1, 0.15) is 24.3 Å². The van der Waals surface area contributed by atoms with Crippen molar-refractivity contribution >= 4 is 11.6 Å². The number of ether oxygens (including phenoxy) is 1. The van der Waals surface area contributed by atoms with Gasteiger partial charge in [-0.2, -0.15) is 0 Å². The monoisotopic (exact) mass is 380 g/mol. The number of nitrogens with zero attached hydrogens (tertiary/aromatic N) is 3. The van der Waals surface area contributed by atoms with Crippen LogP contribution in [-0.4, -0.2) is 33.5 Å². The molecule has 7 nitrogen and oxygen atoms in total. The largest absolute Gasteiger partial charge is 0.497 e. The van der Waals surface area contributed by atoms with Crippen LogP contribution in [0.2, 0.25) is 0 Å². The zero-order valence-corrected chi connectivity index (χ0v) is 16.3. The summed E-state index contributed by atoms with van der Waals surface area (Å²) in [7, 11) is 1.60. The third-order valence-electron chi connectivity index (χ3n) is 4.32. The molecule has 3 aromatic rings. The zero-order chi connectivity index (χ0) is 20.3. The number of benzene rings is 1. The van der Waals surface area contributed by atoms with E-state index in [9.17, 15) is 9.59 Å². The fourth-order valence-electron chi connectivity index (χ4n) is 2.88. The van der Waals surface area contributed by atoms with Crippen molar-refractivity contribution in [1.82, 2.24) is 19.3 Å². The van der Waals surface area contributed by atoms with Gasteiger partial charge < -0.3 is 10.1 Å². The van der Waals surface area contributed by atoms with E-state index in [1.807, 2.05) is 38.1 Å². The minimum absolute atomic E-state index is 0.203. The second-order valence-corrected chi connectivity index (χ2v) is 6.91. The minimum Gasteiger partial charge on any atom is -0.497 e. The molecule has 0 atom stereocenters. The summed E-state index contributed by atoms with van der Waals surface area (Å²) < 4.78 is 8.39. The molecule has 0 saturated heterocycles. The lowest BCUT2D eigenvalue weighted by atomic mass is 10.1. The molecule has 7 heteroatoms. The Morgan fingerprint density at radius 2 is 2.00 bits per heavy atom. The number of aromatic nitrogens is 3. The summed E-state index contributed by atoms with van der Waals surface area (Å²) >= 11 is 0. The van der Waals surface area contributed by atoms with Gasteiger partial charge in [0.1, 0.15) is 11.4 Å². The van der Waals surface area contributed by atoms with Gasteiger partial charge in [-0.25, -0.2) is 4.98 Å². The van der Waals surface area contributed by atoms with E-state index in [2.05, 4.69) is 16.9 Å². The average Bonchev–Trinajstić information content (AvgIpc) is 3.13. The maximum absolute atomic E-state index is 13.0. The van der Waals surface area contributed by atoms with Crippen molar-refractivity contribution in [2.45, 2.75) is 20.4 Å². The quantitative estimate of drug-likeness (QED) is 0.640. The number of hydrogen-bond acceptors (Lipinski definition) is 4. The van der Waals surface area contributed by atoms with Gasteiger partial charge in [0.15, 0.2) is 0 Å². The van der Waals surface area contributed by atoms with Crippen LogP contribution in [0.15, 0.2) is 54.1 Å². The highest BCUT2D eigenvalue weighted by Crippen LogP contribution is 2.22.